The van der Waals surface area contributed by atoms with E-state index >= 15 is 0 Å². The molecule has 1 saturated heterocycles. The Balaban J connectivity index is 1.63. The van der Waals surface area contributed by atoms with Crippen LogP contribution in [0.25, 0.3) is 6.08 Å². The van der Waals surface area contributed by atoms with Gasteiger partial charge in [0.05, 0.1) is 40.7 Å². The monoisotopic (exact) mass is 539 g/mol. The molecular formula is C24H17N3O8S2. The van der Waals surface area contributed by atoms with Crippen LogP contribution in [0.4, 0.5) is 17.1 Å². The van der Waals surface area contributed by atoms with Gasteiger partial charge < -0.3 is 14.2 Å². The molecule has 11 nitrogen and oxygen atoms in total. The number of thiocarbonyl (C=S) groups is 1. The van der Waals surface area contributed by atoms with Crippen LogP contribution in [-0.2, 0) is 4.79 Å². The average molecular weight is 540 g/mol. The maximum absolute atomic E-state index is 13.2. The Labute approximate surface area is 219 Å². The number of nitro groups is 2. The van der Waals surface area contributed by atoms with E-state index in [0.29, 0.717) is 26.2 Å². The van der Waals surface area contributed by atoms with Gasteiger partial charge in [-0.3, -0.25) is 29.9 Å². The maximum atomic E-state index is 13.2. The molecule has 0 unspecified atom stereocenters. The van der Waals surface area contributed by atoms with Gasteiger partial charge >= 0.3 is 5.69 Å². The second kappa shape index (κ2) is 10.6. The van der Waals surface area contributed by atoms with Gasteiger partial charge in [-0.05, 0) is 42.0 Å². The van der Waals surface area contributed by atoms with Crippen molar-refractivity contribution >= 4 is 57.3 Å². The Morgan fingerprint density at radius 3 is 2.27 bits per heavy atom. The first-order valence-corrected chi connectivity index (χ1v) is 11.7. The third kappa shape index (κ3) is 5.22. The zero-order chi connectivity index (χ0) is 26.7. The van der Waals surface area contributed by atoms with Gasteiger partial charge in [-0.1, -0.05) is 42.2 Å². The molecule has 3 aromatic carbocycles. The number of carbonyl (C=O) groups excluding carboxylic acids is 1. The highest BCUT2D eigenvalue weighted by Crippen LogP contribution is 2.41. The Bertz CT molecular complexity index is 1470. The molecule has 1 fully saturated rings. The normalized spacial score (nSPS) is 14.1. The topological polar surface area (TPSA) is 134 Å². The summed E-state index contributed by atoms with van der Waals surface area (Å²) in [6, 6.07) is 14.8. The molecule has 188 valence electrons. The fourth-order valence-corrected chi connectivity index (χ4v) is 4.75. The van der Waals surface area contributed by atoms with Gasteiger partial charge in [0.25, 0.3) is 11.6 Å². The van der Waals surface area contributed by atoms with E-state index in [1.165, 1.54) is 25.2 Å². The smallest absolute Gasteiger partial charge is 0.318 e. The van der Waals surface area contributed by atoms with Gasteiger partial charge in [0.2, 0.25) is 5.75 Å². The lowest BCUT2D eigenvalue weighted by molar-refractivity contribution is -0.394. The number of nitro benzene ring substituents is 2. The number of benzene rings is 3. The molecule has 0 aromatic heterocycles. The predicted molar refractivity (Wildman–Crippen MR) is 141 cm³/mol. The molecule has 0 atom stereocenters. The highest BCUT2D eigenvalue weighted by atomic mass is 32.2. The van der Waals surface area contributed by atoms with Gasteiger partial charge in [-0.25, -0.2) is 0 Å². The summed E-state index contributed by atoms with van der Waals surface area (Å²) < 4.78 is 16.7. The fraction of sp³-hybridized carbons (Fsp3) is 0.0833. The number of hydrogen-bond acceptors (Lipinski definition) is 10. The molecular weight excluding hydrogens is 522 g/mol. The number of nitrogens with zero attached hydrogens (tertiary/aromatic N) is 3. The number of carbonyl (C=O) groups is 1. The van der Waals surface area contributed by atoms with Gasteiger partial charge in [-0.15, -0.1) is 0 Å². The van der Waals surface area contributed by atoms with Crippen LogP contribution >= 0.6 is 24.0 Å². The van der Waals surface area contributed by atoms with Crippen molar-refractivity contribution in [3.63, 3.8) is 0 Å². The van der Waals surface area contributed by atoms with E-state index in [9.17, 15) is 25.0 Å². The lowest BCUT2D eigenvalue weighted by atomic mass is 10.1. The van der Waals surface area contributed by atoms with E-state index in [0.717, 1.165) is 30.0 Å². The number of hydrogen-bond donors (Lipinski definition) is 0. The minimum absolute atomic E-state index is 0.137. The molecule has 0 saturated carbocycles. The SMILES string of the molecule is COc1cc(/C=C2/SC(=S)N(c3ccccc3OC)C2=O)ccc1Oc1ccc([N+](=O)[O-])cc1[N+](=O)[O-]. The number of rotatable bonds is 8. The van der Waals surface area contributed by atoms with Crippen LogP contribution in [0, 0.1) is 20.2 Å². The second-order valence-electron chi connectivity index (χ2n) is 7.37. The number of non-ortho nitro benzene ring substituents is 1. The summed E-state index contributed by atoms with van der Waals surface area (Å²) in [5, 5.41) is 22.4. The van der Waals surface area contributed by atoms with Crippen molar-refractivity contribution in [3.05, 3.63) is 91.4 Å². The van der Waals surface area contributed by atoms with Gasteiger partial charge in [-0.2, -0.15) is 0 Å². The van der Waals surface area contributed by atoms with E-state index in [-0.39, 0.29) is 23.2 Å². The summed E-state index contributed by atoms with van der Waals surface area (Å²) in [6.07, 6.45) is 1.63. The quantitative estimate of drug-likeness (QED) is 0.151. The molecule has 0 spiro atoms. The summed E-state index contributed by atoms with van der Waals surface area (Å²) in [6.45, 7) is 0. The number of anilines is 1. The van der Waals surface area contributed by atoms with Crippen molar-refractivity contribution in [1.82, 2.24) is 0 Å². The number of methoxy groups -OCH3 is 2. The van der Waals surface area contributed by atoms with E-state index < -0.39 is 21.2 Å². The largest absolute Gasteiger partial charge is 0.495 e. The fourth-order valence-electron chi connectivity index (χ4n) is 3.47. The van der Waals surface area contributed by atoms with Crippen LogP contribution in [-0.4, -0.2) is 34.3 Å². The van der Waals surface area contributed by atoms with Crippen LogP contribution < -0.4 is 19.1 Å². The van der Waals surface area contributed by atoms with Crippen molar-refractivity contribution in [3.8, 4) is 23.0 Å². The molecule has 13 heteroatoms. The van der Waals surface area contributed by atoms with E-state index in [1.54, 1.807) is 42.5 Å². The zero-order valence-corrected chi connectivity index (χ0v) is 20.9. The van der Waals surface area contributed by atoms with Crippen molar-refractivity contribution in [1.29, 1.82) is 0 Å². The maximum Gasteiger partial charge on any atom is 0.318 e. The van der Waals surface area contributed by atoms with Crippen LogP contribution in [0.15, 0.2) is 65.6 Å². The van der Waals surface area contributed by atoms with Crippen molar-refractivity contribution in [2.24, 2.45) is 0 Å². The van der Waals surface area contributed by atoms with Gasteiger partial charge in [0, 0.05) is 6.07 Å². The summed E-state index contributed by atoms with van der Waals surface area (Å²) in [7, 11) is 2.89. The molecule has 1 heterocycles. The van der Waals surface area contributed by atoms with Gasteiger partial charge in [0.15, 0.2) is 15.8 Å². The number of ether oxygens (including phenoxy) is 3. The summed E-state index contributed by atoms with van der Waals surface area (Å²) in [5.41, 5.74) is 0.108. The van der Waals surface area contributed by atoms with Crippen LogP contribution in [0.2, 0.25) is 0 Å². The minimum Gasteiger partial charge on any atom is -0.495 e. The lowest BCUT2D eigenvalue weighted by Gasteiger charge is -2.17. The van der Waals surface area contributed by atoms with E-state index in [1.807, 2.05) is 0 Å². The Morgan fingerprint density at radius 2 is 1.59 bits per heavy atom. The molecule has 0 bridgehead atoms. The van der Waals surface area contributed by atoms with Gasteiger partial charge in [0.1, 0.15) is 5.75 Å². The summed E-state index contributed by atoms with van der Waals surface area (Å²) in [4.78, 5) is 35.8. The lowest BCUT2D eigenvalue weighted by Crippen LogP contribution is -2.27. The third-order valence-electron chi connectivity index (χ3n) is 5.18. The molecule has 0 N–H and O–H groups in total. The molecule has 0 radical (unpaired) electrons. The standard InChI is InChI=1S/C24H17N3O8S2/c1-33-18-6-4-3-5-16(18)25-23(28)22(37-24(25)36)12-14-7-9-20(21(11-14)34-2)35-19-10-8-15(26(29)30)13-17(19)27(31)32/h3-13H,1-2H3/b22-12+. The first-order chi connectivity index (χ1) is 17.7. The number of amides is 1. The predicted octanol–water partition coefficient (Wildman–Crippen LogP) is 5.72. The third-order valence-corrected chi connectivity index (χ3v) is 6.48. The highest BCUT2D eigenvalue weighted by molar-refractivity contribution is 8.27. The van der Waals surface area contributed by atoms with Crippen molar-refractivity contribution in [2.45, 2.75) is 0 Å². The molecule has 37 heavy (non-hydrogen) atoms. The summed E-state index contributed by atoms with van der Waals surface area (Å²) >= 11 is 6.56. The minimum atomic E-state index is -0.771. The van der Waals surface area contributed by atoms with Crippen molar-refractivity contribution < 1.29 is 28.9 Å². The summed E-state index contributed by atoms with van der Waals surface area (Å²) in [5.74, 6) is 0.350. The van der Waals surface area contributed by atoms with E-state index in [2.05, 4.69) is 0 Å². The Morgan fingerprint density at radius 1 is 0.892 bits per heavy atom. The molecule has 1 aliphatic rings. The molecule has 3 aromatic rings. The number of para-hydroxylation sites is 2. The zero-order valence-electron chi connectivity index (χ0n) is 19.3. The highest BCUT2D eigenvalue weighted by Gasteiger charge is 2.35. The van der Waals surface area contributed by atoms with Crippen molar-refractivity contribution in [2.75, 3.05) is 19.1 Å². The Kier molecular flexibility index (Phi) is 7.36. The molecule has 1 aliphatic heterocycles. The first kappa shape index (κ1) is 25.6. The first-order valence-electron chi connectivity index (χ1n) is 10.4. The van der Waals surface area contributed by atoms with E-state index in [4.69, 9.17) is 26.4 Å². The molecule has 4 rings (SSSR count). The van der Waals surface area contributed by atoms with Crippen LogP contribution in [0.3, 0.4) is 0 Å². The second-order valence-corrected chi connectivity index (χ2v) is 9.04. The number of thioether (sulfide) groups is 1. The average Bonchev–Trinajstić information content (AvgIpc) is 3.16. The van der Waals surface area contributed by atoms with Crippen LogP contribution in [0.5, 0.6) is 23.0 Å². The Hall–Kier alpha value is -4.49. The molecule has 1 amide bonds. The van der Waals surface area contributed by atoms with Crippen LogP contribution in [0.1, 0.15) is 5.56 Å². The molecule has 0 aliphatic carbocycles.